The van der Waals surface area contributed by atoms with Crippen LogP contribution >= 0.6 is 15.4 Å². The number of rotatable bonds is 8. The molecule has 4 fully saturated rings. The van der Waals surface area contributed by atoms with E-state index < -0.39 is 81.4 Å². The van der Waals surface area contributed by atoms with E-state index in [9.17, 15) is 18.7 Å². The van der Waals surface area contributed by atoms with Crippen LogP contribution in [0, 0.1) is 0 Å². The van der Waals surface area contributed by atoms with Crippen LogP contribution in [0.2, 0.25) is 0 Å². The molecule has 4 saturated heterocycles. The molecule has 7 heterocycles. The first-order valence-electron chi connectivity index (χ1n) is 16.0. The highest BCUT2D eigenvalue weighted by molar-refractivity contribution is 7.54. The summed E-state index contributed by atoms with van der Waals surface area (Å²) in [5, 5.41) is 0. The zero-order valence-electron chi connectivity index (χ0n) is 27.9. The zero-order chi connectivity index (χ0) is 37.5. The first-order valence-corrected chi connectivity index (χ1v) is 19.2. The van der Waals surface area contributed by atoms with Gasteiger partial charge in [-0.15, -0.1) is 0 Å². The minimum Gasteiger partial charge on any atom is -0.476 e. The molecule has 8 rings (SSSR count). The number of halogens is 2. The van der Waals surface area contributed by atoms with Crippen LogP contribution in [0.4, 0.5) is 14.7 Å². The van der Waals surface area contributed by atoms with E-state index in [4.69, 9.17) is 47.3 Å². The second kappa shape index (κ2) is 12.7. The molecule has 0 radical (unpaired) electrons. The van der Waals surface area contributed by atoms with Crippen molar-refractivity contribution in [2.75, 3.05) is 25.3 Å². The van der Waals surface area contributed by atoms with Gasteiger partial charge in [-0.3, -0.25) is 32.5 Å². The molecule has 0 bridgehead atoms. The minimum absolute atomic E-state index is 0.105. The highest BCUT2D eigenvalue weighted by atomic mass is 31.2. The predicted molar refractivity (Wildman–Crippen MR) is 174 cm³/mol. The zero-order valence-corrected chi connectivity index (χ0v) is 29.7. The van der Waals surface area contributed by atoms with Crippen LogP contribution in [-0.2, 0) is 36.9 Å². The summed E-state index contributed by atoms with van der Waals surface area (Å²) in [6.45, 7) is 3.87. The number of benzene rings is 1. The molecule has 0 aliphatic carbocycles. The molecule has 10 atom stereocenters. The Bertz CT molecular complexity index is 2300. The number of anilines is 1. The number of aromatic amines is 1. The van der Waals surface area contributed by atoms with E-state index in [1.165, 1.54) is 42.1 Å². The summed E-state index contributed by atoms with van der Waals surface area (Å²) in [4.78, 5) is 38.3. The standard InChI is InChI=1S/C29H31F2N7O13P2/c1-4-43-22-18-21(35-26(32)36-22)38(12-33-18)25-28(2,30)19-16(46-25)11-45-53(42,51-19)49-15-7-5-6-14(10-15)48-52(41)13-44-23-20(50-52)29(3,31)24(47-23)37-9-8-17(39)34-27(37)40/h5-10,12,16,19-20,23-25H,4,11,13H2,1-3H3,(H2,32,35,36)(H,34,39,40)/t16-,19-,20-,23+,24-,25-,28-,29-,52?,53?/m1/s1. The van der Waals surface area contributed by atoms with Gasteiger partial charge in [0.2, 0.25) is 11.8 Å². The number of fused-ring (bicyclic) bond motifs is 3. The Labute approximate surface area is 296 Å². The molecule has 1 aromatic carbocycles. The molecule has 3 N–H and O–H groups in total. The number of nitrogens with zero attached hydrogens (tertiary/aromatic N) is 5. The molecule has 4 aromatic rings. The Morgan fingerprint density at radius 3 is 2.51 bits per heavy atom. The molecular weight excluding hydrogens is 754 g/mol. The number of phosphoric acid groups is 1. The summed E-state index contributed by atoms with van der Waals surface area (Å²) < 4.78 is 113. The fraction of sp³-hybridized carbons (Fsp3) is 0.483. The third-order valence-corrected chi connectivity index (χ3v) is 11.7. The highest BCUT2D eigenvalue weighted by Gasteiger charge is 2.63. The van der Waals surface area contributed by atoms with Crippen molar-refractivity contribution in [1.29, 1.82) is 0 Å². The number of nitrogen functional groups attached to an aromatic ring is 1. The fourth-order valence-corrected chi connectivity index (χ4v) is 9.52. The van der Waals surface area contributed by atoms with E-state index >= 15 is 8.78 Å². The summed E-state index contributed by atoms with van der Waals surface area (Å²) in [6, 6.07) is 6.28. The number of imidazole rings is 1. The van der Waals surface area contributed by atoms with Crippen LogP contribution < -0.4 is 30.8 Å². The van der Waals surface area contributed by atoms with Gasteiger partial charge in [0.05, 0.1) is 19.5 Å². The lowest BCUT2D eigenvalue weighted by molar-refractivity contribution is -0.179. The second-order valence-electron chi connectivity index (χ2n) is 12.7. The van der Waals surface area contributed by atoms with E-state index in [1.807, 2.05) is 4.98 Å². The minimum atomic E-state index is -4.52. The van der Waals surface area contributed by atoms with Gasteiger partial charge in [0, 0.05) is 18.3 Å². The molecule has 0 amide bonds. The van der Waals surface area contributed by atoms with Crippen molar-refractivity contribution in [3.8, 4) is 17.4 Å². The molecule has 4 aliphatic heterocycles. The number of H-pyrrole nitrogens is 1. The van der Waals surface area contributed by atoms with Gasteiger partial charge < -0.3 is 33.7 Å². The van der Waals surface area contributed by atoms with Crippen LogP contribution in [0.15, 0.2) is 52.4 Å². The fourth-order valence-electron chi connectivity index (χ4n) is 6.47. The van der Waals surface area contributed by atoms with Gasteiger partial charge in [-0.2, -0.15) is 9.97 Å². The van der Waals surface area contributed by atoms with E-state index in [2.05, 4.69) is 15.0 Å². The molecular formula is C29H31F2N7O13P2. The summed E-state index contributed by atoms with van der Waals surface area (Å²) >= 11 is 0. The van der Waals surface area contributed by atoms with Gasteiger partial charge >= 0.3 is 21.1 Å². The molecule has 0 spiro atoms. The lowest BCUT2D eigenvalue weighted by Crippen LogP contribution is -2.46. The van der Waals surface area contributed by atoms with Crippen molar-refractivity contribution in [3.05, 3.63) is 63.7 Å². The number of ether oxygens (including phenoxy) is 4. The van der Waals surface area contributed by atoms with Gasteiger partial charge in [-0.05, 0) is 32.9 Å². The largest absolute Gasteiger partial charge is 0.530 e. The lowest BCUT2D eigenvalue weighted by Gasteiger charge is -2.34. The van der Waals surface area contributed by atoms with Crippen molar-refractivity contribution in [1.82, 2.24) is 29.1 Å². The van der Waals surface area contributed by atoms with E-state index in [-0.39, 0.29) is 47.7 Å². The second-order valence-corrected chi connectivity index (χ2v) is 16.1. The van der Waals surface area contributed by atoms with Crippen LogP contribution in [0.3, 0.4) is 0 Å². The molecule has 3 aromatic heterocycles. The van der Waals surface area contributed by atoms with Crippen LogP contribution in [0.1, 0.15) is 33.2 Å². The molecule has 4 aliphatic rings. The van der Waals surface area contributed by atoms with Crippen LogP contribution in [0.25, 0.3) is 11.2 Å². The number of nitrogens with two attached hydrogens (primary N) is 1. The van der Waals surface area contributed by atoms with Gasteiger partial charge in [0.1, 0.15) is 23.7 Å². The van der Waals surface area contributed by atoms with Crippen LogP contribution in [-0.4, -0.2) is 84.6 Å². The maximum atomic E-state index is 16.6. The summed E-state index contributed by atoms with van der Waals surface area (Å²) in [5.41, 5.74) is -0.262. The van der Waals surface area contributed by atoms with Crippen molar-refractivity contribution < 1.29 is 59.5 Å². The average Bonchev–Trinajstić information content (AvgIpc) is 3.69. The number of nitrogens with one attached hydrogen (secondary N) is 1. The van der Waals surface area contributed by atoms with Gasteiger partial charge in [0.15, 0.2) is 53.7 Å². The maximum absolute atomic E-state index is 16.6. The molecule has 0 saturated carbocycles. The number of phosphoric ester groups is 1. The first kappa shape index (κ1) is 35.7. The Morgan fingerprint density at radius 1 is 1.02 bits per heavy atom. The topological polar surface area (TPSA) is 242 Å². The molecule has 2 unspecified atom stereocenters. The number of hydrogen-bond donors (Lipinski definition) is 2. The lowest BCUT2D eigenvalue weighted by atomic mass is 9.98. The number of aromatic nitrogens is 6. The summed E-state index contributed by atoms with van der Waals surface area (Å²) in [6.07, 6.45) is -6.81. The quantitative estimate of drug-likeness (QED) is 0.244. The van der Waals surface area contributed by atoms with Gasteiger partial charge in [-0.25, -0.2) is 27.7 Å². The highest BCUT2D eigenvalue weighted by Crippen LogP contribution is 2.61. The van der Waals surface area contributed by atoms with E-state index in [0.717, 1.165) is 23.8 Å². The molecule has 24 heteroatoms. The SMILES string of the molecule is CCOc1nc(N)nc2c1ncn2[C@@H]1O[C@@H]2COP(=O)(Oc3cccc(OP4(=O)CO[C@H]5O[C@@H](n6ccc(=O)[nH]c6=O)[C@](C)(F)[C@@H]5O4)c3)O[C@H]2[C@@]1(C)F. The van der Waals surface area contributed by atoms with Crippen LogP contribution in [0.5, 0.6) is 17.4 Å². The normalized spacial score (nSPS) is 36.5. The summed E-state index contributed by atoms with van der Waals surface area (Å²) in [5.74, 6) is -0.327. The molecule has 53 heavy (non-hydrogen) atoms. The van der Waals surface area contributed by atoms with Crippen molar-refractivity contribution >= 4 is 32.5 Å². The predicted octanol–water partition coefficient (Wildman–Crippen LogP) is 3.11. The Balaban J connectivity index is 0.965. The summed E-state index contributed by atoms with van der Waals surface area (Å²) in [7, 11) is -8.79. The monoisotopic (exact) mass is 785 g/mol. The maximum Gasteiger partial charge on any atom is 0.530 e. The number of alkyl halides is 2. The average molecular weight is 786 g/mol. The van der Waals surface area contributed by atoms with Crippen molar-refractivity contribution in [2.45, 2.75) is 69.2 Å². The van der Waals surface area contributed by atoms with Crippen molar-refractivity contribution in [2.24, 2.45) is 0 Å². The van der Waals surface area contributed by atoms with E-state index in [0.29, 0.717) is 0 Å². The first-order chi connectivity index (χ1) is 25.1. The molecule has 20 nitrogen and oxygen atoms in total. The van der Waals surface area contributed by atoms with Crippen molar-refractivity contribution in [3.63, 3.8) is 0 Å². The Hall–Kier alpha value is -4.27. The van der Waals surface area contributed by atoms with Gasteiger partial charge in [-0.1, -0.05) is 6.07 Å². The Kier molecular flexibility index (Phi) is 8.54. The smallest absolute Gasteiger partial charge is 0.476 e. The number of hydrogen-bond acceptors (Lipinski definition) is 17. The molecule has 284 valence electrons. The Morgan fingerprint density at radius 2 is 1.75 bits per heavy atom. The third kappa shape index (κ3) is 6.21. The van der Waals surface area contributed by atoms with E-state index in [1.54, 1.807) is 6.92 Å². The van der Waals surface area contributed by atoms with Gasteiger partial charge in [0.25, 0.3) is 5.56 Å². The third-order valence-electron chi connectivity index (χ3n) is 8.85.